The Bertz CT molecular complexity index is 733. The fourth-order valence-corrected chi connectivity index (χ4v) is 2.77. The normalized spacial score (nSPS) is 17.5. The summed E-state index contributed by atoms with van der Waals surface area (Å²) in [4.78, 5) is 34.1. The van der Waals surface area contributed by atoms with Gasteiger partial charge in [-0.15, -0.1) is 0 Å². The van der Waals surface area contributed by atoms with Crippen LogP contribution in [0.2, 0.25) is 0 Å². The number of esters is 1. The predicted octanol–water partition coefficient (Wildman–Crippen LogP) is 2.00. The molecule has 6 heteroatoms. The number of aromatic nitrogens is 2. The number of ether oxygens (including phenoxy) is 1. The first-order chi connectivity index (χ1) is 11.1. The molecule has 2 heterocycles. The van der Waals surface area contributed by atoms with Crippen molar-refractivity contribution in [3.63, 3.8) is 0 Å². The van der Waals surface area contributed by atoms with Crippen LogP contribution in [-0.4, -0.2) is 34.0 Å². The molecule has 1 aromatic heterocycles. The van der Waals surface area contributed by atoms with Crippen LogP contribution < -0.4 is 4.90 Å². The Morgan fingerprint density at radius 1 is 1.30 bits per heavy atom. The lowest BCUT2D eigenvalue weighted by atomic mass is 10.1. The summed E-state index contributed by atoms with van der Waals surface area (Å²) < 4.78 is 5.24. The molecule has 0 aliphatic carbocycles. The highest BCUT2D eigenvalue weighted by molar-refractivity contribution is 6.00. The van der Waals surface area contributed by atoms with Crippen LogP contribution in [0.3, 0.4) is 0 Å². The molecule has 0 bridgehead atoms. The van der Waals surface area contributed by atoms with Crippen molar-refractivity contribution >= 4 is 17.6 Å². The van der Waals surface area contributed by atoms with Gasteiger partial charge in [-0.05, 0) is 31.9 Å². The maximum Gasteiger partial charge on any atom is 0.359 e. The van der Waals surface area contributed by atoms with Gasteiger partial charge in [0.2, 0.25) is 0 Å². The second kappa shape index (κ2) is 6.16. The maximum atomic E-state index is 12.7. The van der Waals surface area contributed by atoms with E-state index < -0.39 is 12.1 Å². The minimum Gasteiger partial charge on any atom is -0.448 e. The molecule has 118 valence electrons. The van der Waals surface area contributed by atoms with Gasteiger partial charge in [0.05, 0.1) is 6.20 Å². The van der Waals surface area contributed by atoms with E-state index in [9.17, 15) is 9.59 Å². The van der Waals surface area contributed by atoms with E-state index >= 15 is 0 Å². The lowest BCUT2D eigenvalue weighted by Gasteiger charge is -2.25. The first-order valence-corrected chi connectivity index (χ1v) is 7.46. The van der Waals surface area contributed by atoms with Crippen LogP contribution in [0, 0.1) is 0 Å². The Balaban J connectivity index is 1.74. The van der Waals surface area contributed by atoms with E-state index in [0.717, 1.165) is 17.7 Å². The number of hydrogen-bond acceptors (Lipinski definition) is 5. The number of benzene rings is 1. The third-order valence-corrected chi connectivity index (χ3v) is 3.85. The van der Waals surface area contributed by atoms with Crippen molar-refractivity contribution in [2.45, 2.75) is 32.4 Å². The second-order valence-electron chi connectivity index (χ2n) is 5.53. The lowest BCUT2D eigenvalue weighted by Crippen LogP contribution is -2.43. The highest BCUT2D eigenvalue weighted by atomic mass is 16.5. The molecule has 0 saturated heterocycles. The predicted molar refractivity (Wildman–Crippen MR) is 84.0 cm³/mol. The molecule has 1 amide bonds. The van der Waals surface area contributed by atoms with Crippen LogP contribution >= 0.6 is 0 Å². The smallest absolute Gasteiger partial charge is 0.359 e. The summed E-state index contributed by atoms with van der Waals surface area (Å²) in [7, 11) is 0. The number of carbonyl (C=O) groups is 2. The molecule has 0 fully saturated rings. The van der Waals surface area contributed by atoms with E-state index in [2.05, 4.69) is 9.97 Å². The Labute approximate surface area is 134 Å². The average Bonchev–Trinajstić information content (AvgIpc) is 2.90. The van der Waals surface area contributed by atoms with Gasteiger partial charge in [-0.2, -0.15) is 0 Å². The summed E-state index contributed by atoms with van der Waals surface area (Å²) in [5.74, 6) is -0.890. The molecule has 1 aromatic carbocycles. The standard InChI is InChI=1S/C17H17N3O3/c1-11-9-13-5-3-4-6-15(13)20(11)16(21)12(2)23-17(22)14-10-18-7-8-19-14/h3-8,10-12H,9H2,1-2H3/t11-,12-/m1/s1. The SMILES string of the molecule is C[C@@H]1Cc2ccccc2N1C(=O)[C@@H](C)OC(=O)c1cnccn1. The van der Waals surface area contributed by atoms with Crippen molar-refractivity contribution in [2.75, 3.05) is 4.90 Å². The Morgan fingerprint density at radius 3 is 2.83 bits per heavy atom. The van der Waals surface area contributed by atoms with E-state index in [1.165, 1.54) is 18.6 Å². The van der Waals surface area contributed by atoms with E-state index in [-0.39, 0.29) is 17.6 Å². The number of nitrogens with zero attached hydrogens (tertiary/aromatic N) is 3. The minimum absolute atomic E-state index is 0.0394. The van der Waals surface area contributed by atoms with Crippen LogP contribution in [0.1, 0.15) is 29.9 Å². The molecule has 1 aliphatic rings. The summed E-state index contributed by atoms with van der Waals surface area (Å²) in [6.45, 7) is 3.55. The van der Waals surface area contributed by atoms with Crippen LogP contribution in [0.15, 0.2) is 42.9 Å². The van der Waals surface area contributed by atoms with Gasteiger partial charge in [-0.1, -0.05) is 18.2 Å². The summed E-state index contributed by atoms with van der Waals surface area (Å²) in [5.41, 5.74) is 2.09. The highest BCUT2D eigenvalue weighted by Gasteiger charge is 2.34. The van der Waals surface area contributed by atoms with Gasteiger partial charge in [-0.3, -0.25) is 9.78 Å². The van der Waals surface area contributed by atoms with Crippen molar-refractivity contribution in [3.8, 4) is 0 Å². The highest BCUT2D eigenvalue weighted by Crippen LogP contribution is 2.32. The van der Waals surface area contributed by atoms with Crippen molar-refractivity contribution in [2.24, 2.45) is 0 Å². The van der Waals surface area contributed by atoms with Gasteiger partial charge in [0.25, 0.3) is 5.91 Å². The Morgan fingerprint density at radius 2 is 2.09 bits per heavy atom. The number of amides is 1. The molecule has 0 spiro atoms. The van der Waals surface area contributed by atoms with Gasteiger partial charge in [0.1, 0.15) is 0 Å². The first-order valence-electron chi connectivity index (χ1n) is 7.46. The molecule has 2 aromatic rings. The topological polar surface area (TPSA) is 72.4 Å². The summed E-state index contributed by atoms with van der Waals surface area (Å²) in [6.07, 6.45) is 4.09. The molecular formula is C17H17N3O3. The van der Waals surface area contributed by atoms with Crippen LogP contribution in [-0.2, 0) is 16.0 Å². The lowest BCUT2D eigenvalue weighted by molar-refractivity contribution is -0.126. The number of anilines is 1. The van der Waals surface area contributed by atoms with Gasteiger partial charge in [-0.25, -0.2) is 9.78 Å². The van der Waals surface area contributed by atoms with Crippen molar-refractivity contribution in [1.29, 1.82) is 0 Å². The molecule has 23 heavy (non-hydrogen) atoms. The van der Waals surface area contributed by atoms with E-state index in [1.807, 2.05) is 31.2 Å². The second-order valence-corrected chi connectivity index (χ2v) is 5.53. The van der Waals surface area contributed by atoms with Gasteiger partial charge in [0.15, 0.2) is 11.8 Å². The molecule has 3 rings (SSSR count). The summed E-state index contributed by atoms with van der Waals surface area (Å²) in [5, 5.41) is 0. The molecule has 0 radical (unpaired) electrons. The zero-order chi connectivity index (χ0) is 16.4. The molecule has 2 atom stereocenters. The zero-order valence-corrected chi connectivity index (χ0v) is 13.0. The number of fused-ring (bicyclic) bond motifs is 1. The van der Waals surface area contributed by atoms with Crippen molar-refractivity contribution < 1.29 is 14.3 Å². The fraction of sp³-hybridized carbons (Fsp3) is 0.294. The van der Waals surface area contributed by atoms with Crippen LogP contribution in [0.5, 0.6) is 0 Å². The largest absolute Gasteiger partial charge is 0.448 e. The number of para-hydroxylation sites is 1. The number of rotatable bonds is 3. The van der Waals surface area contributed by atoms with Crippen LogP contribution in [0.4, 0.5) is 5.69 Å². The Kier molecular flexibility index (Phi) is 4.06. The molecule has 0 unspecified atom stereocenters. The van der Waals surface area contributed by atoms with E-state index in [4.69, 9.17) is 4.74 Å². The van der Waals surface area contributed by atoms with Crippen LogP contribution in [0.25, 0.3) is 0 Å². The maximum absolute atomic E-state index is 12.7. The van der Waals surface area contributed by atoms with Crippen molar-refractivity contribution in [1.82, 2.24) is 9.97 Å². The number of carbonyl (C=O) groups excluding carboxylic acids is 2. The molecule has 1 aliphatic heterocycles. The van der Waals surface area contributed by atoms with E-state index in [1.54, 1.807) is 11.8 Å². The number of hydrogen-bond donors (Lipinski definition) is 0. The van der Waals surface area contributed by atoms with Crippen molar-refractivity contribution in [3.05, 3.63) is 54.1 Å². The van der Waals surface area contributed by atoms with Gasteiger partial charge in [0, 0.05) is 24.1 Å². The third-order valence-electron chi connectivity index (χ3n) is 3.85. The Hall–Kier alpha value is -2.76. The monoisotopic (exact) mass is 311 g/mol. The molecule has 6 nitrogen and oxygen atoms in total. The molecular weight excluding hydrogens is 294 g/mol. The molecule has 0 saturated carbocycles. The zero-order valence-electron chi connectivity index (χ0n) is 13.0. The molecule has 0 N–H and O–H groups in total. The fourth-order valence-electron chi connectivity index (χ4n) is 2.77. The average molecular weight is 311 g/mol. The minimum atomic E-state index is -0.891. The first kappa shape index (κ1) is 15.1. The summed E-state index contributed by atoms with van der Waals surface area (Å²) in [6, 6.07) is 7.81. The van der Waals surface area contributed by atoms with E-state index in [0.29, 0.717) is 0 Å². The third kappa shape index (κ3) is 2.92. The van der Waals surface area contributed by atoms with Gasteiger partial charge < -0.3 is 9.64 Å². The quantitative estimate of drug-likeness (QED) is 0.811. The summed E-state index contributed by atoms with van der Waals surface area (Å²) >= 11 is 0. The van der Waals surface area contributed by atoms with Gasteiger partial charge >= 0.3 is 5.97 Å².